The second-order valence-corrected chi connectivity index (χ2v) is 4.86. The van der Waals surface area contributed by atoms with Crippen LogP contribution < -0.4 is 5.32 Å². The number of aliphatic hydroxyl groups excluding tert-OH is 2. The zero-order chi connectivity index (χ0) is 15.0. The monoisotopic (exact) mass is 281 g/mol. The van der Waals surface area contributed by atoms with Crippen LogP contribution in [0.25, 0.3) is 0 Å². The molecule has 20 heavy (non-hydrogen) atoms. The summed E-state index contributed by atoms with van der Waals surface area (Å²) >= 11 is 0. The first-order chi connectivity index (χ1) is 9.56. The Morgan fingerprint density at radius 2 is 2.00 bits per heavy atom. The molecule has 1 aromatic heterocycles. The molecule has 0 radical (unpaired) electrons. The Morgan fingerprint density at radius 3 is 2.50 bits per heavy atom. The van der Waals surface area contributed by atoms with E-state index in [1.54, 1.807) is 12.4 Å². The summed E-state index contributed by atoms with van der Waals surface area (Å²) in [5, 5.41) is 21.6. The highest BCUT2D eigenvalue weighted by atomic mass is 16.3. The molecule has 0 unspecified atom stereocenters. The van der Waals surface area contributed by atoms with Gasteiger partial charge in [0.05, 0.1) is 30.1 Å². The molecule has 0 aromatic carbocycles. The predicted octanol–water partition coefficient (Wildman–Crippen LogP) is 0.220. The standard InChI is InChI=1S/C14H23N3O3/c1-3-4-5-11-7-16-12(8-15-11)6-14(20)13(9-18)17-10(2)19/h7-8,13-14,18,20H,3-6,9H2,1-2H3,(H,17,19)/t13-,14-/m1/s1. The zero-order valence-electron chi connectivity index (χ0n) is 12.0. The summed E-state index contributed by atoms with van der Waals surface area (Å²) in [7, 11) is 0. The van der Waals surface area contributed by atoms with Crippen LogP contribution >= 0.6 is 0 Å². The quantitative estimate of drug-likeness (QED) is 0.633. The van der Waals surface area contributed by atoms with Gasteiger partial charge in [0, 0.05) is 25.7 Å². The van der Waals surface area contributed by atoms with Crippen LogP contribution in [0.5, 0.6) is 0 Å². The number of amides is 1. The van der Waals surface area contributed by atoms with Crippen molar-refractivity contribution in [2.45, 2.75) is 51.7 Å². The average molecular weight is 281 g/mol. The number of aromatic nitrogens is 2. The first-order valence-corrected chi connectivity index (χ1v) is 6.92. The first-order valence-electron chi connectivity index (χ1n) is 6.92. The minimum Gasteiger partial charge on any atom is -0.394 e. The van der Waals surface area contributed by atoms with Gasteiger partial charge in [-0.1, -0.05) is 13.3 Å². The Labute approximate surface area is 119 Å². The van der Waals surface area contributed by atoms with E-state index in [1.807, 2.05) is 0 Å². The van der Waals surface area contributed by atoms with Gasteiger partial charge in [-0.3, -0.25) is 14.8 Å². The van der Waals surface area contributed by atoms with Crippen LogP contribution in [-0.4, -0.2) is 44.8 Å². The van der Waals surface area contributed by atoms with E-state index in [-0.39, 0.29) is 18.9 Å². The molecule has 0 bridgehead atoms. The Kier molecular flexibility index (Phi) is 7.11. The van der Waals surface area contributed by atoms with Crippen molar-refractivity contribution in [1.82, 2.24) is 15.3 Å². The van der Waals surface area contributed by atoms with Gasteiger partial charge in [-0.25, -0.2) is 0 Å². The Balaban J connectivity index is 2.56. The van der Waals surface area contributed by atoms with E-state index in [0.29, 0.717) is 5.69 Å². The summed E-state index contributed by atoms with van der Waals surface area (Å²) in [5.41, 5.74) is 1.58. The van der Waals surface area contributed by atoms with Gasteiger partial charge in [-0.05, 0) is 12.8 Å². The summed E-state index contributed by atoms with van der Waals surface area (Å²) in [4.78, 5) is 19.5. The molecule has 0 aliphatic heterocycles. The zero-order valence-corrected chi connectivity index (χ0v) is 12.0. The minimum absolute atomic E-state index is 0.243. The fourth-order valence-electron chi connectivity index (χ4n) is 1.86. The Bertz CT molecular complexity index is 409. The van der Waals surface area contributed by atoms with Gasteiger partial charge in [0.2, 0.25) is 5.91 Å². The molecule has 112 valence electrons. The number of unbranched alkanes of at least 4 members (excludes halogenated alkanes) is 1. The van der Waals surface area contributed by atoms with Crippen molar-refractivity contribution in [1.29, 1.82) is 0 Å². The van der Waals surface area contributed by atoms with E-state index in [2.05, 4.69) is 22.2 Å². The van der Waals surface area contributed by atoms with Crippen LogP contribution in [0, 0.1) is 0 Å². The van der Waals surface area contributed by atoms with Gasteiger partial charge in [0.25, 0.3) is 0 Å². The summed E-state index contributed by atoms with van der Waals surface area (Å²) in [5.74, 6) is -0.288. The molecule has 1 aromatic rings. The summed E-state index contributed by atoms with van der Waals surface area (Å²) in [6.07, 6.45) is 5.78. The lowest BCUT2D eigenvalue weighted by Gasteiger charge is -2.21. The van der Waals surface area contributed by atoms with E-state index in [9.17, 15) is 9.90 Å². The van der Waals surface area contributed by atoms with Gasteiger partial charge in [-0.15, -0.1) is 0 Å². The number of carbonyl (C=O) groups excluding carboxylic acids is 1. The number of aryl methyl sites for hydroxylation is 1. The third-order valence-corrected chi connectivity index (χ3v) is 3.01. The smallest absolute Gasteiger partial charge is 0.217 e. The third kappa shape index (κ3) is 5.63. The predicted molar refractivity (Wildman–Crippen MR) is 75.0 cm³/mol. The maximum absolute atomic E-state index is 11.0. The van der Waals surface area contributed by atoms with Crippen LogP contribution in [0.15, 0.2) is 12.4 Å². The molecule has 0 aliphatic carbocycles. The van der Waals surface area contributed by atoms with E-state index in [4.69, 9.17) is 5.11 Å². The topological polar surface area (TPSA) is 95.3 Å². The summed E-state index contributed by atoms with van der Waals surface area (Å²) < 4.78 is 0. The van der Waals surface area contributed by atoms with Crippen molar-refractivity contribution in [3.8, 4) is 0 Å². The van der Waals surface area contributed by atoms with E-state index in [1.165, 1.54) is 6.92 Å². The van der Waals surface area contributed by atoms with Crippen LogP contribution in [-0.2, 0) is 17.6 Å². The molecule has 3 N–H and O–H groups in total. The average Bonchev–Trinajstić information content (AvgIpc) is 2.43. The van der Waals surface area contributed by atoms with Crippen LogP contribution in [0.3, 0.4) is 0 Å². The number of hydrogen-bond acceptors (Lipinski definition) is 5. The minimum atomic E-state index is -0.889. The number of carbonyl (C=O) groups is 1. The summed E-state index contributed by atoms with van der Waals surface area (Å²) in [6, 6.07) is -0.686. The first kappa shape index (κ1) is 16.5. The second-order valence-electron chi connectivity index (χ2n) is 4.86. The van der Waals surface area contributed by atoms with Gasteiger partial charge in [0.15, 0.2) is 0 Å². The number of nitrogens with zero attached hydrogens (tertiary/aromatic N) is 2. The maximum Gasteiger partial charge on any atom is 0.217 e. The van der Waals surface area contributed by atoms with Crippen LogP contribution in [0.4, 0.5) is 0 Å². The molecule has 6 heteroatoms. The maximum atomic E-state index is 11.0. The van der Waals surface area contributed by atoms with Crippen molar-refractivity contribution < 1.29 is 15.0 Å². The van der Waals surface area contributed by atoms with Crippen molar-refractivity contribution in [2.75, 3.05) is 6.61 Å². The van der Waals surface area contributed by atoms with E-state index < -0.39 is 12.1 Å². The van der Waals surface area contributed by atoms with Gasteiger partial charge >= 0.3 is 0 Å². The molecular formula is C14H23N3O3. The van der Waals surface area contributed by atoms with Gasteiger partial charge in [-0.2, -0.15) is 0 Å². The fraction of sp³-hybridized carbons (Fsp3) is 0.643. The molecule has 1 heterocycles. The molecule has 0 spiro atoms. The normalized spacial score (nSPS) is 13.8. The highest BCUT2D eigenvalue weighted by molar-refractivity contribution is 5.73. The molecule has 1 rings (SSSR count). The molecule has 0 fully saturated rings. The summed E-state index contributed by atoms with van der Waals surface area (Å²) in [6.45, 7) is 3.15. The van der Waals surface area contributed by atoms with Gasteiger partial charge < -0.3 is 15.5 Å². The lowest BCUT2D eigenvalue weighted by atomic mass is 10.1. The number of aliphatic hydroxyl groups is 2. The van der Waals surface area contributed by atoms with E-state index in [0.717, 1.165) is 25.0 Å². The third-order valence-electron chi connectivity index (χ3n) is 3.01. The molecular weight excluding hydrogens is 258 g/mol. The molecule has 0 saturated heterocycles. The number of nitrogens with one attached hydrogen (secondary N) is 1. The van der Waals surface area contributed by atoms with Crippen molar-refractivity contribution in [3.63, 3.8) is 0 Å². The lowest BCUT2D eigenvalue weighted by Crippen LogP contribution is -2.46. The highest BCUT2D eigenvalue weighted by Crippen LogP contribution is 2.05. The van der Waals surface area contributed by atoms with Crippen LogP contribution in [0.1, 0.15) is 38.1 Å². The SMILES string of the molecule is CCCCc1cnc(C[C@@H](O)[C@@H](CO)NC(C)=O)cn1. The number of rotatable bonds is 8. The Hall–Kier alpha value is -1.53. The highest BCUT2D eigenvalue weighted by Gasteiger charge is 2.20. The van der Waals surface area contributed by atoms with Gasteiger partial charge in [0.1, 0.15) is 0 Å². The van der Waals surface area contributed by atoms with Crippen molar-refractivity contribution in [2.24, 2.45) is 0 Å². The largest absolute Gasteiger partial charge is 0.394 e. The van der Waals surface area contributed by atoms with E-state index >= 15 is 0 Å². The van der Waals surface area contributed by atoms with Crippen LogP contribution in [0.2, 0.25) is 0 Å². The molecule has 6 nitrogen and oxygen atoms in total. The molecule has 0 saturated carbocycles. The molecule has 2 atom stereocenters. The second kappa shape index (κ2) is 8.60. The lowest BCUT2D eigenvalue weighted by molar-refractivity contribution is -0.121. The molecule has 1 amide bonds. The molecule has 0 aliphatic rings. The fourth-order valence-corrected chi connectivity index (χ4v) is 1.86. The van der Waals surface area contributed by atoms with Crippen molar-refractivity contribution in [3.05, 3.63) is 23.8 Å². The Morgan fingerprint density at radius 1 is 1.35 bits per heavy atom. The van der Waals surface area contributed by atoms with Crippen molar-refractivity contribution >= 4 is 5.91 Å². The number of hydrogen-bond donors (Lipinski definition) is 3.